The van der Waals surface area contributed by atoms with Gasteiger partial charge in [-0.15, -0.1) is 0 Å². The second kappa shape index (κ2) is 7.47. The number of hydrogen-bond donors (Lipinski definition) is 1. The van der Waals surface area contributed by atoms with Gasteiger partial charge in [0.15, 0.2) is 0 Å². The van der Waals surface area contributed by atoms with E-state index in [-0.39, 0.29) is 23.7 Å². The topological polar surface area (TPSA) is 49.4 Å². The van der Waals surface area contributed by atoms with Crippen molar-refractivity contribution in [2.75, 3.05) is 0 Å². The normalized spacial score (nSPS) is 18.2. The molecule has 0 radical (unpaired) electrons. The van der Waals surface area contributed by atoms with Crippen LogP contribution in [0, 0.1) is 5.82 Å². The minimum atomic E-state index is -0.483. The summed E-state index contributed by atoms with van der Waals surface area (Å²) in [5.41, 5.74) is 1.83. The maximum absolute atomic E-state index is 13.0. The highest BCUT2D eigenvalue weighted by Crippen LogP contribution is 2.23. The van der Waals surface area contributed by atoms with Gasteiger partial charge < -0.3 is 10.2 Å². The van der Waals surface area contributed by atoms with Crippen molar-refractivity contribution in [3.8, 4) is 0 Å². The second-order valence-electron chi connectivity index (χ2n) is 6.34. The number of halogens is 1. The number of nitrogens with zero attached hydrogens (tertiary/aromatic N) is 1. The quantitative estimate of drug-likeness (QED) is 0.909. The molecule has 130 valence electrons. The number of carbonyl (C=O) groups excluding carboxylic acids is 2. The highest BCUT2D eigenvalue weighted by Gasteiger charge is 2.36. The largest absolute Gasteiger partial charge is 0.348 e. The van der Waals surface area contributed by atoms with Gasteiger partial charge in [-0.25, -0.2) is 4.39 Å². The Kier molecular flexibility index (Phi) is 5.12. The first kappa shape index (κ1) is 17.1. The van der Waals surface area contributed by atoms with Crippen molar-refractivity contribution >= 4 is 11.8 Å². The molecule has 2 atom stereocenters. The molecule has 2 unspecified atom stereocenters. The Bertz CT molecular complexity index is 746. The van der Waals surface area contributed by atoms with Gasteiger partial charge >= 0.3 is 0 Å². The van der Waals surface area contributed by atoms with E-state index in [2.05, 4.69) is 5.32 Å². The molecule has 2 amide bonds. The van der Waals surface area contributed by atoms with E-state index in [1.807, 2.05) is 37.3 Å². The summed E-state index contributed by atoms with van der Waals surface area (Å²) in [6.45, 7) is 2.24. The van der Waals surface area contributed by atoms with Crippen LogP contribution in [0.25, 0.3) is 0 Å². The molecule has 5 heteroatoms. The van der Waals surface area contributed by atoms with E-state index in [4.69, 9.17) is 0 Å². The molecule has 1 N–H and O–H groups in total. The molecule has 0 spiro atoms. The molecule has 0 saturated carbocycles. The van der Waals surface area contributed by atoms with Gasteiger partial charge in [-0.1, -0.05) is 42.5 Å². The molecule has 1 heterocycles. The predicted molar refractivity (Wildman–Crippen MR) is 93.0 cm³/mol. The van der Waals surface area contributed by atoms with Gasteiger partial charge in [0.05, 0.1) is 6.04 Å². The summed E-state index contributed by atoms with van der Waals surface area (Å²) in [4.78, 5) is 26.4. The molecular formula is C20H21FN2O2. The lowest BCUT2D eigenvalue weighted by molar-refractivity contribution is -0.136. The molecule has 4 nitrogen and oxygen atoms in total. The fourth-order valence-corrected chi connectivity index (χ4v) is 3.13. The molecule has 2 aromatic carbocycles. The highest BCUT2D eigenvalue weighted by molar-refractivity contribution is 5.91. The maximum Gasteiger partial charge on any atom is 0.243 e. The maximum atomic E-state index is 13.0. The average Bonchev–Trinajstić information content (AvgIpc) is 2.98. The molecule has 1 aliphatic heterocycles. The van der Waals surface area contributed by atoms with Crippen molar-refractivity contribution in [2.24, 2.45) is 0 Å². The molecular weight excluding hydrogens is 319 g/mol. The SMILES string of the molecule is CC(NC(=O)C1CCC(=O)N1Cc1ccc(F)cc1)c1ccccc1. The van der Waals surface area contributed by atoms with Crippen LogP contribution in [0.5, 0.6) is 0 Å². The predicted octanol–water partition coefficient (Wildman–Crippen LogP) is 3.19. The van der Waals surface area contributed by atoms with Crippen LogP contribution in [0.15, 0.2) is 54.6 Å². The third-order valence-corrected chi connectivity index (χ3v) is 4.56. The van der Waals surface area contributed by atoms with Crippen LogP contribution in [0.1, 0.15) is 36.9 Å². The monoisotopic (exact) mass is 340 g/mol. The number of likely N-dealkylation sites (tertiary alicyclic amines) is 1. The first-order valence-electron chi connectivity index (χ1n) is 8.44. The summed E-state index contributed by atoms with van der Waals surface area (Å²) in [6.07, 6.45) is 0.867. The first-order chi connectivity index (χ1) is 12.0. The Morgan fingerprint density at radius 3 is 2.56 bits per heavy atom. The summed E-state index contributed by atoms with van der Waals surface area (Å²) >= 11 is 0. The van der Waals surface area contributed by atoms with Gasteiger partial charge in [0, 0.05) is 13.0 Å². The van der Waals surface area contributed by atoms with E-state index in [0.29, 0.717) is 19.4 Å². The zero-order valence-electron chi connectivity index (χ0n) is 14.1. The van der Waals surface area contributed by atoms with Crippen LogP contribution in [-0.2, 0) is 16.1 Å². The van der Waals surface area contributed by atoms with Gasteiger partial charge in [0.2, 0.25) is 11.8 Å². The number of carbonyl (C=O) groups is 2. The number of amides is 2. The van der Waals surface area contributed by atoms with Gasteiger partial charge in [0.1, 0.15) is 11.9 Å². The van der Waals surface area contributed by atoms with Crippen molar-refractivity contribution in [1.82, 2.24) is 10.2 Å². The minimum absolute atomic E-state index is 0.0446. The average molecular weight is 340 g/mol. The van der Waals surface area contributed by atoms with Gasteiger partial charge in [0.25, 0.3) is 0 Å². The lowest BCUT2D eigenvalue weighted by Crippen LogP contribution is -2.45. The van der Waals surface area contributed by atoms with E-state index >= 15 is 0 Å². The number of nitrogens with one attached hydrogen (secondary N) is 1. The van der Waals surface area contributed by atoms with Gasteiger partial charge in [-0.2, -0.15) is 0 Å². The Hall–Kier alpha value is -2.69. The third kappa shape index (κ3) is 4.05. The Morgan fingerprint density at radius 1 is 1.20 bits per heavy atom. The molecule has 1 fully saturated rings. The van der Waals surface area contributed by atoms with Crippen molar-refractivity contribution in [3.63, 3.8) is 0 Å². The van der Waals surface area contributed by atoms with E-state index in [1.54, 1.807) is 17.0 Å². The van der Waals surface area contributed by atoms with Crippen LogP contribution in [0.4, 0.5) is 4.39 Å². The molecule has 0 aromatic heterocycles. The molecule has 25 heavy (non-hydrogen) atoms. The molecule has 0 aliphatic carbocycles. The lowest BCUT2D eigenvalue weighted by Gasteiger charge is -2.26. The summed E-state index contributed by atoms with van der Waals surface area (Å²) in [5, 5.41) is 2.99. The van der Waals surface area contributed by atoms with Crippen LogP contribution in [-0.4, -0.2) is 22.8 Å². The van der Waals surface area contributed by atoms with E-state index in [0.717, 1.165) is 11.1 Å². The van der Waals surface area contributed by atoms with Crippen molar-refractivity contribution in [3.05, 3.63) is 71.5 Å². The molecule has 2 aromatic rings. The van der Waals surface area contributed by atoms with Crippen molar-refractivity contribution in [2.45, 2.75) is 38.4 Å². The first-order valence-corrected chi connectivity index (χ1v) is 8.44. The Labute approximate surface area is 146 Å². The minimum Gasteiger partial charge on any atom is -0.348 e. The van der Waals surface area contributed by atoms with Crippen LogP contribution in [0.3, 0.4) is 0 Å². The molecule has 0 bridgehead atoms. The van der Waals surface area contributed by atoms with Crippen molar-refractivity contribution < 1.29 is 14.0 Å². The third-order valence-electron chi connectivity index (χ3n) is 4.56. The fourth-order valence-electron chi connectivity index (χ4n) is 3.13. The standard InChI is InChI=1S/C20H21FN2O2/c1-14(16-5-3-2-4-6-16)22-20(25)18-11-12-19(24)23(18)13-15-7-9-17(21)10-8-15/h2-10,14,18H,11-13H2,1H3,(H,22,25). The fraction of sp³-hybridized carbons (Fsp3) is 0.300. The van der Waals surface area contributed by atoms with Crippen LogP contribution >= 0.6 is 0 Å². The summed E-state index contributed by atoms with van der Waals surface area (Å²) in [7, 11) is 0. The zero-order valence-corrected chi connectivity index (χ0v) is 14.1. The zero-order chi connectivity index (χ0) is 17.8. The molecule has 1 saturated heterocycles. The van der Waals surface area contributed by atoms with E-state index in [1.165, 1.54) is 12.1 Å². The summed E-state index contributed by atoms with van der Waals surface area (Å²) < 4.78 is 13.0. The molecule has 3 rings (SSSR count). The molecule has 1 aliphatic rings. The summed E-state index contributed by atoms with van der Waals surface area (Å²) in [6, 6.07) is 15.1. The number of rotatable bonds is 5. The van der Waals surface area contributed by atoms with Gasteiger partial charge in [-0.3, -0.25) is 9.59 Å². The van der Waals surface area contributed by atoms with Crippen LogP contribution < -0.4 is 5.32 Å². The second-order valence-corrected chi connectivity index (χ2v) is 6.34. The Balaban J connectivity index is 1.68. The smallest absolute Gasteiger partial charge is 0.243 e. The van der Waals surface area contributed by atoms with Crippen molar-refractivity contribution in [1.29, 1.82) is 0 Å². The lowest BCUT2D eigenvalue weighted by atomic mass is 10.1. The van der Waals surface area contributed by atoms with E-state index < -0.39 is 6.04 Å². The van der Waals surface area contributed by atoms with Crippen LogP contribution in [0.2, 0.25) is 0 Å². The highest BCUT2D eigenvalue weighted by atomic mass is 19.1. The number of hydrogen-bond acceptors (Lipinski definition) is 2. The summed E-state index contributed by atoms with van der Waals surface area (Å²) in [5.74, 6) is -0.511. The number of benzene rings is 2. The van der Waals surface area contributed by atoms with Gasteiger partial charge in [-0.05, 0) is 36.6 Å². The van der Waals surface area contributed by atoms with E-state index in [9.17, 15) is 14.0 Å². The Morgan fingerprint density at radius 2 is 1.88 bits per heavy atom.